The van der Waals surface area contributed by atoms with Gasteiger partial charge in [-0.05, 0) is 50.5 Å². The molecule has 0 amide bonds. The molecule has 0 bridgehead atoms. The van der Waals surface area contributed by atoms with E-state index < -0.39 is 5.54 Å². The fourth-order valence-corrected chi connectivity index (χ4v) is 3.00. The molecule has 0 saturated heterocycles. The van der Waals surface area contributed by atoms with Crippen molar-refractivity contribution in [3.05, 3.63) is 54.1 Å². The Morgan fingerprint density at radius 1 is 1.18 bits per heavy atom. The van der Waals surface area contributed by atoms with Gasteiger partial charge in [0.15, 0.2) is 17.3 Å². The van der Waals surface area contributed by atoms with Gasteiger partial charge in [-0.15, -0.1) is 12.4 Å². The van der Waals surface area contributed by atoms with E-state index in [2.05, 4.69) is 15.1 Å². The van der Waals surface area contributed by atoms with Crippen molar-refractivity contribution in [2.24, 2.45) is 5.73 Å². The largest absolute Gasteiger partial charge is 0.490 e. The van der Waals surface area contributed by atoms with Crippen molar-refractivity contribution >= 4 is 12.4 Å². The molecular formula is C20H23ClN4O3. The highest BCUT2D eigenvalue weighted by Crippen LogP contribution is 2.38. The SMILES string of the molecule is CCOc1cc(-c2nc(C3(N)CCC3)no2)ccc1OCc1cccnc1.Cl. The Labute approximate surface area is 169 Å². The summed E-state index contributed by atoms with van der Waals surface area (Å²) in [6.07, 6.45) is 6.38. The minimum atomic E-state index is -0.447. The van der Waals surface area contributed by atoms with Crippen LogP contribution in [-0.4, -0.2) is 21.7 Å². The van der Waals surface area contributed by atoms with E-state index in [0.29, 0.717) is 36.4 Å². The zero-order valence-electron chi connectivity index (χ0n) is 15.6. The van der Waals surface area contributed by atoms with Crippen LogP contribution in [0.15, 0.2) is 47.2 Å². The summed E-state index contributed by atoms with van der Waals surface area (Å²) < 4.78 is 17.1. The number of ether oxygens (including phenoxy) is 2. The van der Waals surface area contributed by atoms with Crippen molar-refractivity contribution < 1.29 is 14.0 Å². The molecule has 1 saturated carbocycles. The molecule has 0 atom stereocenters. The van der Waals surface area contributed by atoms with Crippen molar-refractivity contribution in [2.75, 3.05) is 6.61 Å². The molecule has 1 aromatic carbocycles. The summed E-state index contributed by atoms with van der Waals surface area (Å²) in [4.78, 5) is 8.59. The first-order chi connectivity index (χ1) is 13.2. The predicted molar refractivity (Wildman–Crippen MR) is 106 cm³/mol. The average molecular weight is 403 g/mol. The van der Waals surface area contributed by atoms with Crippen molar-refractivity contribution in [3.63, 3.8) is 0 Å². The second-order valence-electron chi connectivity index (χ2n) is 6.68. The number of rotatable bonds is 7. The third-order valence-electron chi connectivity index (χ3n) is 4.72. The third-order valence-corrected chi connectivity index (χ3v) is 4.72. The van der Waals surface area contributed by atoms with Crippen LogP contribution in [0.1, 0.15) is 37.6 Å². The Hall–Kier alpha value is -2.64. The monoisotopic (exact) mass is 402 g/mol. The van der Waals surface area contributed by atoms with E-state index >= 15 is 0 Å². The Kier molecular flexibility index (Phi) is 6.16. The summed E-state index contributed by atoms with van der Waals surface area (Å²) in [6, 6.07) is 9.42. The van der Waals surface area contributed by atoms with Gasteiger partial charge in [0.25, 0.3) is 5.89 Å². The summed E-state index contributed by atoms with van der Waals surface area (Å²) in [5.41, 5.74) is 7.59. The third kappa shape index (κ3) is 4.10. The topological polar surface area (TPSA) is 96.3 Å². The molecule has 7 nitrogen and oxygen atoms in total. The number of benzene rings is 1. The van der Waals surface area contributed by atoms with Gasteiger partial charge >= 0.3 is 0 Å². The molecule has 148 valence electrons. The van der Waals surface area contributed by atoms with Crippen LogP contribution in [0.2, 0.25) is 0 Å². The molecule has 8 heteroatoms. The number of halogens is 1. The van der Waals surface area contributed by atoms with Gasteiger partial charge in [0.2, 0.25) is 0 Å². The van der Waals surface area contributed by atoms with Crippen LogP contribution >= 0.6 is 12.4 Å². The van der Waals surface area contributed by atoms with Gasteiger partial charge in [-0.1, -0.05) is 11.2 Å². The van der Waals surface area contributed by atoms with Crippen LogP contribution in [0.5, 0.6) is 11.5 Å². The van der Waals surface area contributed by atoms with Crippen molar-refractivity contribution in [3.8, 4) is 23.0 Å². The second-order valence-corrected chi connectivity index (χ2v) is 6.68. The number of nitrogens with zero attached hydrogens (tertiary/aromatic N) is 3. The molecule has 1 fully saturated rings. The molecular weight excluding hydrogens is 380 g/mol. The zero-order valence-corrected chi connectivity index (χ0v) is 16.4. The quantitative estimate of drug-likeness (QED) is 0.640. The molecule has 28 heavy (non-hydrogen) atoms. The van der Waals surface area contributed by atoms with Crippen molar-refractivity contribution in [1.29, 1.82) is 0 Å². The number of nitrogens with two attached hydrogens (primary N) is 1. The molecule has 0 unspecified atom stereocenters. The molecule has 4 rings (SSSR count). The van der Waals surface area contributed by atoms with E-state index in [1.165, 1.54) is 0 Å². The maximum atomic E-state index is 6.28. The highest BCUT2D eigenvalue weighted by molar-refractivity contribution is 5.85. The van der Waals surface area contributed by atoms with E-state index in [1.807, 2.05) is 37.3 Å². The van der Waals surface area contributed by atoms with Gasteiger partial charge in [0, 0.05) is 23.5 Å². The first-order valence-electron chi connectivity index (χ1n) is 9.10. The molecule has 3 aromatic rings. The lowest BCUT2D eigenvalue weighted by Gasteiger charge is -2.34. The Balaban J connectivity index is 0.00000225. The maximum Gasteiger partial charge on any atom is 0.258 e. The Bertz CT molecular complexity index is 913. The lowest BCUT2D eigenvalue weighted by Crippen LogP contribution is -2.44. The van der Waals surface area contributed by atoms with Gasteiger partial charge in [-0.2, -0.15) is 4.98 Å². The van der Waals surface area contributed by atoms with Crippen LogP contribution in [0, 0.1) is 0 Å². The van der Waals surface area contributed by atoms with E-state index in [4.69, 9.17) is 19.7 Å². The predicted octanol–water partition coefficient (Wildman–Crippen LogP) is 3.87. The van der Waals surface area contributed by atoms with E-state index in [0.717, 1.165) is 30.4 Å². The molecule has 0 spiro atoms. The average Bonchev–Trinajstić information content (AvgIpc) is 3.17. The van der Waals surface area contributed by atoms with E-state index in [1.54, 1.807) is 12.4 Å². The molecule has 0 radical (unpaired) electrons. The molecule has 1 aliphatic carbocycles. The fraction of sp³-hybridized carbons (Fsp3) is 0.350. The summed E-state index contributed by atoms with van der Waals surface area (Å²) in [7, 11) is 0. The van der Waals surface area contributed by atoms with E-state index in [9.17, 15) is 0 Å². The normalized spacial score (nSPS) is 14.6. The van der Waals surface area contributed by atoms with E-state index in [-0.39, 0.29) is 12.4 Å². The molecule has 2 heterocycles. The number of hydrogen-bond acceptors (Lipinski definition) is 7. The van der Waals surface area contributed by atoms with Gasteiger partial charge in [0.1, 0.15) is 6.61 Å². The number of pyridine rings is 1. The highest BCUT2D eigenvalue weighted by atomic mass is 35.5. The van der Waals surface area contributed by atoms with Gasteiger partial charge in [-0.3, -0.25) is 4.98 Å². The van der Waals surface area contributed by atoms with Crippen LogP contribution in [0.4, 0.5) is 0 Å². The van der Waals surface area contributed by atoms with Crippen LogP contribution in [0.3, 0.4) is 0 Å². The smallest absolute Gasteiger partial charge is 0.258 e. The van der Waals surface area contributed by atoms with Gasteiger partial charge in [0.05, 0.1) is 12.1 Å². The van der Waals surface area contributed by atoms with Gasteiger partial charge in [-0.25, -0.2) is 0 Å². The van der Waals surface area contributed by atoms with Crippen LogP contribution in [0.25, 0.3) is 11.5 Å². The minimum Gasteiger partial charge on any atom is -0.490 e. The van der Waals surface area contributed by atoms with Gasteiger partial charge < -0.3 is 19.7 Å². The Morgan fingerprint density at radius 2 is 2.04 bits per heavy atom. The summed E-state index contributed by atoms with van der Waals surface area (Å²) in [6.45, 7) is 2.86. The molecule has 1 aliphatic rings. The van der Waals surface area contributed by atoms with Crippen LogP contribution < -0.4 is 15.2 Å². The number of hydrogen-bond donors (Lipinski definition) is 1. The molecule has 2 N–H and O–H groups in total. The lowest BCUT2D eigenvalue weighted by atomic mass is 9.77. The first-order valence-corrected chi connectivity index (χ1v) is 9.10. The summed E-state index contributed by atoms with van der Waals surface area (Å²) >= 11 is 0. The zero-order chi connectivity index (χ0) is 18.7. The summed E-state index contributed by atoms with van der Waals surface area (Å²) in [5, 5.41) is 4.07. The molecule has 0 aliphatic heterocycles. The minimum absolute atomic E-state index is 0. The first kappa shape index (κ1) is 20.1. The maximum absolute atomic E-state index is 6.28. The second kappa shape index (κ2) is 8.58. The highest BCUT2D eigenvalue weighted by Gasteiger charge is 2.39. The lowest BCUT2D eigenvalue weighted by molar-refractivity contribution is 0.229. The van der Waals surface area contributed by atoms with Crippen molar-refractivity contribution in [1.82, 2.24) is 15.1 Å². The molecule has 2 aromatic heterocycles. The standard InChI is InChI=1S/C20H22N4O3.ClH/c1-2-25-17-11-15(18-23-19(24-27-18)20(21)8-4-9-20)6-7-16(17)26-13-14-5-3-10-22-12-14;/h3,5-7,10-12H,2,4,8-9,13,21H2,1H3;1H. The van der Waals surface area contributed by atoms with Crippen molar-refractivity contribution in [2.45, 2.75) is 38.3 Å². The Morgan fingerprint density at radius 3 is 2.71 bits per heavy atom. The fourth-order valence-electron chi connectivity index (χ4n) is 3.00. The number of aromatic nitrogens is 3. The van der Waals surface area contributed by atoms with Crippen LogP contribution in [-0.2, 0) is 12.1 Å². The summed E-state index contributed by atoms with van der Waals surface area (Å²) in [5.74, 6) is 2.28.